The van der Waals surface area contributed by atoms with Crippen molar-refractivity contribution < 1.29 is 14.6 Å². The molecule has 0 aliphatic carbocycles. The molecule has 6 nitrogen and oxygen atoms in total. The number of hydrogen-bond acceptors (Lipinski definition) is 4. The Kier molecular flexibility index (Phi) is 3.45. The standard InChI is InChI=1S/C6H4N2O4.FH/c9-7(10)5-2-1-3-6(4-5)8(11)12;/h1-4H;1H. The van der Waals surface area contributed by atoms with Crippen LogP contribution in [0.5, 0.6) is 0 Å². The molecule has 0 aliphatic heterocycles. The predicted molar refractivity (Wildman–Crippen MR) is 42.3 cm³/mol. The van der Waals surface area contributed by atoms with Crippen molar-refractivity contribution in [3.63, 3.8) is 0 Å². The first-order valence-corrected chi connectivity index (χ1v) is 3.00. The van der Waals surface area contributed by atoms with Gasteiger partial charge in [0, 0.05) is 12.1 Å². The van der Waals surface area contributed by atoms with Gasteiger partial charge in [-0.05, 0) is 6.07 Å². The monoisotopic (exact) mass is 188 g/mol. The van der Waals surface area contributed by atoms with Crippen molar-refractivity contribution in [1.82, 2.24) is 0 Å². The quantitative estimate of drug-likeness (QED) is 0.521. The van der Waals surface area contributed by atoms with E-state index in [4.69, 9.17) is 0 Å². The topological polar surface area (TPSA) is 86.3 Å². The molecule has 0 heterocycles. The van der Waals surface area contributed by atoms with Gasteiger partial charge >= 0.3 is 0 Å². The van der Waals surface area contributed by atoms with Gasteiger partial charge in [-0.1, -0.05) is 0 Å². The smallest absolute Gasteiger partial charge is 0.269 e. The highest BCUT2D eigenvalue weighted by Crippen LogP contribution is 2.18. The second kappa shape index (κ2) is 4.10. The predicted octanol–water partition coefficient (Wildman–Crippen LogP) is 1.66. The van der Waals surface area contributed by atoms with Gasteiger partial charge in [-0.25, -0.2) is 0 Å². The van der Waals surface area contributed by atoms with Gasteiger partial charge in [-0.2, -0.15) is 0 Å². The maximum absolute atomic E-state index is 10.2. The van der Waals surface area contributed by atoms with Crippen molar-refractivity contribution >= 4 is 11.4 Å². The Morgan fingerprint density at radius 1 is 1.00 bits per heavy atom. The first-order valence-electron chi connectivity index (χ1n) is 3.00. The van der Waals surface area contributed by atoms with Crippen LogP contribution in [0.1, 0.15) is 0 Å². The summed E-state index contributed by atoms with van der Waals surface area (Å²) in [6.45, 7) is 0. The number of non-ortho nitro benzene ring substituents is 2. The number of rotatable bonds is 2. The lowest BCUT2D eigenvalue weighted by Crippen LogP contribution is -1.91. The Morgan fingerprint density at radius 2 is 1.38 bits per heavy atom. The van der Waals surface area contributed by atoms with E-state index in [1.807, 2.05) is 0 Å². The van der Waals surface area contributed by atoms with Crippen molar-refractivity contribution in [1.29, 1.82) is 0 Å². The van der Waals surface area contributed by atoms with Gasteiger partial charge in [-0.3, -0.25) is 24.9 Å². The first-order chi connectivity index (χ1) is 5.61. The molecular weight excluding hydrogens is 183 g/mol. The van der Waals surface area contributed by atoms with E-state index in [-0.39, 0.29) is 16.1 Å². The van der Waals surface area contributed by atoms with Crippen molar-refractivity contribution in [3.8, 4) is 0 Å². The first kappa shape index (κ1) is 11.0. The van der Waals surface area contributed by atoms with Crippen LogP contribution in [0.4, 0.5) is 16.1 Å². The summed E-state index contributed by atoms with van der Waals surface area (Å²) in [5.74, 6) is 0. The Bertz CT molecular complexity index is 312. The lowest BCUT2D eigenvalue weighted by Gasteiger charge is -1.90. The minimum absolute atomic E-state index is 0. The molecule has 0 fully saturated rings. The maximum atomic E-state index is 10.2. The molecule has 0 radical (unpaired) electrons. The number of nitro benzene ring substituents is 2. The molecule has 0 aliphatic rings. The van der Waals surface area contributed by atoms with Crippen LogP contribution in [-0.2, 0) is 0 Å². The third kappa shape index (κ3) is 2.47. The second-order valence-corrected chi connectivity index (χ2v) is 2.03. The summed E-state index contributed by atoms with van der Waals surface area (Å²) in [6, 6.07) is 4.59. The highest BCUT2D eigenvalue weighted by Gasteiger charge is 2.11. The van der Waals surface area contributed by atoms with Crippen LogP contribution in [0.25, 0.3) is 0 Å². The average molecular weight is 188 g/mol. The van der Waals surface area contributed by atoms with Gasteiger partial charge in [0.25, 0.3) is 11.4 Å². The fourth-order valence-corrected chi connectivity index (χ4v) is 0.720. The summed E-state index contributed by atoms with van der Waals surface area (Å²) in [5.41, 5.74) is -0.548. The highest BCUT2D eigenvalue weighted by molar-refractivity contribution is 5.42. The van der Waals surface area contributed by atoms with Gasteiger partial charge < -0.3 is 0 Å². The molecular formula is C6H5FN2O4. The molecule has 0 bridgehead atoms. The number of nitro groups is 2. The SMILES string of the molecule is F.O=[N+]([O-])c1cccc([N+](=O)[O-])c1. The minimum Gasteiger partial charge on any atom is -0.269 e. The average Bonchev–Trinajstić information content (AvgIpc) is 2.04. The zero-order chi connectivity index (χ0) is 9.14. The molecule has 13 heavy (non-hydrogen) atoms. The molecule has 0 aromatic heterocycles. The van der Waals surface area contributed by atoms with E-state index in [0.717, 1.165) is 6.07 Å². The lowest BCUT2D eigenvalue weighted by atomic mass is 10.3. The van der Waals surface area contributed by atoms with E-state index in [2.05, 4.69) is 0 Å². The van der Waals surface area contributed by atoms with Crippen LogP contribution in [0, 0.1) is 20.2 Å². The Balaban J connectivity index is 0.00000144. The molecule has 70 valence electrons. The van der Waals surface area contributed by atoms with Gasteiger partial charge in [0.15, 0.2) is 0 Å². The summed E-state index contributed by atoms with van der Waals surface area (Å²) in [5, 5.41) is 20.3. The van der Waals surface area contributed by atoms with Crippen LogP contribution in [0.15, 0.2) is 24.3 Å². The summed E-state index contributed by atoms with van der Waals surface area (Å²) < 4.78 is 0. The third-order valence-electron chi connectivity index (χ3n) is 1.25. The Hall–Kier alpha value is -2.05. The van der Waals surface area contributed by atoms with Crippen molar-refractivity contribution in [2.45, 2.75) is 0 Å². The maximum Gasteiger partial charge on any atom is 0.276 e. The zero-order valence-electron chi connectivity index (χ0n) is 6.25. The molecule has 1 aromatic carbocycles. The largest absolute Gasteiger partial charge is 0.276 e. The van der Waals surface area contributed by atoms with E-state index in [0.29, 0.717) is 0 Å². The van der Waals surface area contributed by atoms with E-state index in [9.17, 15) is 20.2 Å². The Labute approximate surface area is 71.5 Å². The van der Waals surface area contributed by atoms with Gasteiger partial charge in [0.1, 0.15) is 0 Å². The van der Waals surface area contributed by atoms with Gasteiger partial charge in [-0.15, -0.1) is 0 Å². The molecule has 1 aromatic rings. The molecule has 7 heteroatoms. The van der Waals surface area contributed by atoms with Crippen LogP contribution in [0.2, 0.25) is 0 Å². The summed E-state index contributed by atoms with van der Waals surface area (Å²) in [4.78, 5) is 19.0. The molecule has 0 N–H and O–H groups in total. The fraction of sp³-hybridized carbons (Fsp3) is 0. The van der Waals surface area contributed by atoms with Crippen LogP contribution < -0.4 is 0 Å². The minimum atomic E-state index is -0.674. The van der Waals surface area contributed by atoms with Crippen LogP contribution in [-0.4, -0.2) is 9.85 Å². The molecule has 0 atom stereocenters. The van der Waals surface area contributed by atoms with E-state index < -0.39 is 9.85 Å². The van der Waals surface area contributed by atoms with E-state index >= 15 is 0 Å². The molecule has 0 unspecified atom stereocenters. The van der Waals surface area contributed by atoms with Crippen LogP contribution >= 0.6 is 0 Å². The third-order valence-corrected chi connectivity index (χ3v) is 1.25. The number of halogens is 1. The molecule has 0 spiro atoms. The number of hydrogen-bond donors (Lipinski definition) is 0. The summed E-state index contributed by atoms with van der Waals surface area (Å²) in [7, 11) is 0. The van der Waals surface area contributed by atoms with Crippen molar-refractivity contribution in [2.75, 3.05) is 0 Å². The van der Waals surface area contributed by atoms with E-state index in [1.165, 1.54) is 18.2 Å². The normalized spacial score (nSPS) is 8.62. The summed E-state index contributed by atoms with van der Waals surface area (Å²) in [6.07, 6.45) is 0. The zero-order valence-corrected chi connectivity index (χ0v) is 6.25. The fourth-order valence-electron chi connectivity index (χ4n) is 0.720. The van der Waals surface area contributed by atoms with Crippen molar-refractivity contribution in [3.05, 3.63) is 44.5 Å². The number of benzene rings is 1. The second-order valence-electron chi connectivity index (χ2n) is 2.03. The number of nitrogens with zero attached hydrogens (tertiary/aromatic N) is 2. The highest BCUT2D eigenvalue weighted by atomic mass is 19.0. The van der Waals surface area contributed by atoms with Crippen LogP contribution in [0.3, 0.4) is 0 Å². The molecule has 0 saturated carbocycles. The summed E-state index contributed by atoms with van der Waals surface area (Å²) >= 11 is 0. The van der Waals surface area contributed by atoms with E-state index in [1.54, 1.807) is 0 Å². The van der Waals surface area contributed by atoms with Gasteiger partial charge in [0.2, 0.25) is 0 Å². The van der Waals surface area contributed by atoms with Gasteiger partial charge in [0.05, 0.1) is 15.9 Å². The molecule has 0 saturated heterocycles. The molecule has 0 amide bonds. The van der Waals surface area contributed by atoms with Crippen molar-refractivity contribution in [2.24, 2.45) is 0 Å². The molecule has 1 rings (SSSR count). The lowest BCUT2D eigenvalue weighted by molar-refractivity contribution is -0.394. The Morgan fingerprint density at radius 3 is 1.69 bits per heavy atom.